The number of benzene rings is 1. The van der Waals surface area contributed by atoms with E-state index in [1.165, 1.54) is 21.1 Å². The molecule has 0 fully saturated rings. The van der Waals surface area contributed by atoms with Crippen LogP contribution in [0.3, 0.4) is 0 Å². The van der Waals surface area contributed by atoms with Crippen LogP contribution in [-0.2, 0) is 6.18 Å². The van der Waals surface area contributed by atoms with Crippen molar-refractivity contribution in [1.82, 2.24) is 0 Å². The molecule has 14 heavy (non-hydrogen) atoms. The summed E-state index contributed by atoms with van der Waals surface area (Å²) in [6.45, 7) is 0. The summed E-state index contributed by atoms with van der Waals surface area (Å²) in [5, 5.41) is 0. The molecule has 0 saturated carbocycles. The van der Waals surface area contributed by atoms with Gasteiger partial charge in [-0.15, -0.1) is 11.8 Å². The number of alkyl halides is 3. The van der Waals surface area contributed by atoms with E-state index in [-0.39, 0.29) is 4.90 Å². The SMILES string of the molecule is CSc1ccc(SI)cc1C(F)(F)F. The first-order valence-electron chi connectivity index (χ1n) is 3.53. The van der Waals surface area contributed by atoms with Gasteiger partial charge in [-0.3, -0.25) is 0 Å². The molecular weight excluding hydrogens is 344 g/mol. The molecule has 6 heteroatoms. The van der Waals surface area contributed by atoms with Crippen molar-refractivity contribution < 1.29 is 13.2 Å². The van der Waals surface area contributed by atoms with Gasteiger partial charge < -0.3 is 0 Å². The largest absolute Gasteiger partial charge is 0.417 e. The van der Waals surface area contributed by atoms with Gasteiger partial charge in [0.05, 0.1) is 5.56 Å². The van der Waals surface area contributed by atoms with Gasteiger partial charge in [0, 0.05) is 31.0 Å². The predicted octanol–water partition coefficient (Wildman–Crippen LogP) is 4.87. The molecule has 0 aromatic heterocycles. The standard InChI is InChI=1S/C8H6F3IS2/c1-13-7-3-2-5(14-12)4-6(7)8(9,10)11/h2-4H,1H3. The van der Waals surface area contributed by atoms with Crippen LogP contribution in [0.1, 0.15) is 5.56 Å². The summed E-state index contributed by atoms with van der Waals surface area (Å²) in [6, 6.07) is 4.38. The minimum atomic E-state index is -4.26. The van der Waals surface area contributed by atoms with Crippen LogP contribution in [0.25, 0.3) is 0 Å². The smallest absolute Gasteiger partial charge is 0.166 e. The fourth-order valence-electron chi connectivity index (χ4n) is 0.957. The molecule has 0 bridgehead atoms. The zero-order chi connectivity index (χ0) is 10.8. The lowest BCUT2D eigenvalue weighted by Gasteiger charge is -2.11. The Balaban J connectivity index is 3.22. The molecule has 78 valence electrons. The average molecular weight is 350 g/mol. The van der Waals surface area contributed by atoms with Crippen molar-refractivity contribution in [2.24, 2.45) is 0 Å². The van der Waals surface area contributed by atoms with Gasteiger partial charge in [0.15, 0.2) is 0 Å². The van der Waals surface area contributed by atoms with Gasteiger partial charge in [-0.05, 0) is 24.5 Å². The highest BCUT2D eigenvalue weighted by atomic mass is 127. The second-order valence-electron chi connectivity index (χ2n) is 2.44. The minimum Gasteiger partial charge on any atom is -0.166 e. The molecule has 0 heterocycles. The molecule has 0 unspecified atom stereocenters. The molecule has 0 aliphatic rings. The summed E-state index contributed by atoms with van der Waals surface area (Å²) >= 11 is 3.07. The first-order valence-corrected chi connectivity index (χ1v) is 8.11. The van der Waals surface area contributed by atoms with E-state index in [9.17, 15) is 13.2 Å². The maximum atomic E-state index is 12.5. The molecule has 0 saturated heterocycles. The third kappa shape index (κ3) is 2.96. The molecule has 1 rings (SSSR count). The summed E-state index contributed by atoms with van der Waals surface area (Å²) in [6.07, 6.45) is -2.62. The third-order valence-corrected chi connectivity index (χ3v) is 4.32. The van der Waals surface area contributed by atoms with Crippen LogP contribution >= 0.6 is 41.9 Å². The maximum Gasteiger partial charge on any atom is 0.417 e. The van der Waals surface area contributed by atoms with Crippen molar-refractivity contribution in [2.75, 3.05) is 6.26 Å². The van der Waals surface area contributed by atoms with Crippen molar-refractivity contribution >= 4 is 41.9 Å². The average Bonchev–Trinajstić information content (AvgIpc) is 2.15. The van der Waals surface area contributed by atoms with Gasteiger partial charge in [-0.2, -0.15) is 13.2 Å². The normalized spacial score (nSPS) is 11.8. The van der Waals surface area contributed by atoms with Crippen LogP contribution in [0.2, 0.25) is 0 Å². The molecule has 1 aromatic rings. The van der Waals surface area contributed by atoms with Gasteiger partial charge in [0.25, 0.3) is 0 Å². The summed E-state index contributed by atoms with van der Waals surface area (Å²) in [4.78, 5) is 0.891. The molecule has 0 nitrogen and oxygen atoms in total. The van der Waals surface area contributed by atoms with Gasteiger partial charge in [-0.25, -0.2) is 0 Å². The van der Waals surface area contributed by atoms with Crippen molar-refractivity contribution in [3.05, 3.63) is 23.8 Å². The highest BCUT2D eigenvalue weighted by Crippen LogP contribution is 2.39. The van der Waals surface area contributed by atoms with Crippen LogP contribution in [0, 0.1) is 0 Å². The highest BCUT2D eigenvalue weighted by molar-refractivity contribution is 14.2. The molecule has 0 atom stereocenters. The number of halogens is 4. The van der Waals surface area contributed by atoms with E-state index in [1.807, 2.05) is 21.2 Å². The van der Waals surface area contributed by atoms with E-state index in [1.54, 1.807) is 12.3 Å². The molecule has 0 spiro atoms. The Kier molecular flexibility index (Phi) is 4.45. The van der Waals surface area contributed by atoms with Crippen molar-refractivity contribution in [3.63, 3.8) is 0 Å². The Bertz CT molecular complexity index is 325. The van der Waals surface area contributed by atoms with E-state index >= 15 is 0 Å². The Hall–Kier alpha value is 0.440. The second kappa shape index (κ2) is 4.98. The number of thioether (sulfide) groups is 1. The molecule has 0 aliphatic heterocycles. The lowest BCUT2D eigenvalue weighted by Crippen LogP contribution is -2.06. The third-order valence-electron chi connectivity index (χ3n) is 1.57. The van der Waals surface area contributed by atoms with Gasteiger partial charge >= 0.3 is 6.18 Å². The Morgan fingerprint density at radius 3 is 2.36 bits per heavy atom. The van der Waals surface area contributed by atoms with Crippen LogP contribution in [0.4, 0.5) is 13.2 Å². The molecular formula is C8H6F3IS2. The first kappa shape index (κ1) is 12.5. The maximum absolute atomic E-state index is 12.5. The van der Waals surface area contributed by atoms with E-state index in [4.69, 9.17) is 0 Å². The first-order chi connectivity index (χ1) is 6.49. The summed E-state index contributed by atoms with van der Waals surface area (Å²) < 4.78 is 37.6. The predicted molar refractivity (Wildman–Crippen MR) is 63.1 cm³/mol. The fraction of sp³-hybridized carbons (Fsp3) is 0.250. The molecule has 0 aliphatic carbocycles. The van der Waals surface area contributed by atoms with Crippen LogP contribution in [0.15, 0.2) is 28.0 Å². The Morgan fingerprint density at radius 2 is 1.93 bits per heavy atom. The Labute approximate surface area is 101 Å². The fourth-order valence-corrected chi connectivity index (χ4v) is 2.66. The van der Waals surface area contributed by atoms with Crippen molar-refractivity contribution in [2.45, 2.75) is 16.0 Å². The monoisotopic (exact) mass is 350 g/mol. The second-order valence-corrected chi connectivity index (χ2v) is 5.23. The van der Waals surface area contributed by atoms with E-state index in [2.05, 4.69) is 0 Å². The lowest BCUT2D eigenvalue weighted by atomic mass is 10.2. The van der Waals surface area contributed by atoms with Gasteiger partial charge in [0.1, 0.15) is 0 Å². The van der Waals surface area contributed by atoms with Gasteiger partial charge in [0.2, 0.25) is 0 Å². The molecule has 0 amide bonds. The summed E-state index contributed by atoms with van der Waals surface area (Å²) in [7, 11) is 1.28. The van der Waals surface area contributed by atoms with Crippen LogP contribution in [-0.4, -0.2) is 6.26 Å². The van der Waals surface area contributed by atoms with E-state index in [0.717, 1.165) is 11.8 Å². The topological polar surface area (TPSA) is 0 Å². The van der Waals surface area contributed by atoms with Gasteiger partial charge in [-0.1, -0.05) is 8.93 Å². The van der Waals surface area contributed by atoms with Crippen LogP contribution < -0.4 is 0 Å². The highest BCUT2D eigenvalue weighted by Gasteiger charge is 2.33. The number of rotatable bonds is 2. The molecule has 1 aromatic carbocycles. The minimum absolute atomic E-state index is 0.270. The molecule has 0 radical (unpaired) electrons. The molecule has 0 N–H and O–H groups in total. The van der Waals surface area contributed by atoms with Crippen molar-refractivity contribution in [1.29, 1.82) is 0 Å². The number of hydrogen-bond acceptors (Lipinski definition) is 2. The van der Waals surface area contributed by atoms with Crippen LogP contribution in [0.5, 0.6) is 0 Å². The summed E-state index contributed by atoms with van der Waals surface area (Å²) in [5.41, 5.74) is -0.549. The zero-order valence-corrected chi connectivity index (χ0v) is 10.9. The number of hydrogen-bond donors (Lipinski definition) is 0. The van der Waals surface area contributed by atoms with Crippen molar-refractivity contribution in [3.8, 4) is 0 Å². The summed E-state index contributed by atoms with van der Waals surface area (Å²) in [5.74, 6) is 0. The lowest BCUT2D eigenvalue weighted by molar-refractivity contribution is -0.139. The quantitative estimate of drug-likeness (QED) is 0.551. The zero-order valence-electron chi connectivity index (χ0n) is 7.06. The Morgan fingerprint density at radius 1 is 1.29 bits per heavy atom. The van der Waals surface area contributed by atoms with E-state index in [0.29, 0.717) is 4.90 Å². The van der Waals surface area contributed by atoms with E-state index < -0.39 is 11.7 Å².